The molecule has 0 spiro atoms. The largest absolute Gasteiger partial charge is 0.497 e. The fourth-order valence-corrected chi connectivity index (χ4v) is 3.27. The molecule has 18 heavy (non-hydrogen) atoms. The first-order valence-electron chi connectivity index (χ1n) is 6.95. The van der Waals surface area contributed by atoms with Crippen LogP contribution in [-0.2, 0) is 0 Å². The summed E-state index contributed by atoms with van der Waals surface area (Å²) in [7, 11) is 1.74. The molecular formula is C16H21NO. The van der Waals surface area contributed by atoms with Crippen LogP contribution in [0.4, 0.5) is 0 Å². The summed E-state index contributed by atoms with van der Waals surface area (Å²) in [4.78, 5) is 3.45. The number of methoxy groups -OCH3 is 1. The second kappa shape index (κ2) is 4.68. The van der Waals surface area contributed by atoms with Gasteiger partial charge in [-0.05, 0) is 48.9 Å². The summed E-state index contributed by atoms with van der Waals surface area (Å²) in [5.74, 6) is 1.70. The zero-order valence-corrected chi connectivity index (χ0v) is 11.3. The second-order valence-electron chi connectivity index (χ2n) is 5.45. The second-order valence-corrected chi connectivity index (χ2v) is 5.45. The highest BCUT2D eigenvalue weighted by Gasteiger charge is 2.19. The summed E-state index contributed by atoms with van der Waals surface area (Å²) in [6.07, 6.45) is 9.04. The van der Waals surface area contributed by atoms with Crippen LogP contribution in [0.5, 0.6) is 5.75 Å². The van der Waals surface area contributed by atoms with Crippen molar-refractivity contribution in [2.45, 2.75) is 44.9 Å². The Labute approximate surface area is 108 Å². The molecule has 0 bridgehead atoms. The standard InChI is InChI=1S/C16H21NO/c1-11-8-13(18-2)9-14-15(10-17-16(11)14)12-6-4-3-5-7-12/h8-10,12,17H,3-7H2,1-2H3. The Kier molecular flexibility index (Phi) is 3.02. The van der Waals surface area contributed by atoms with Gasteiger partial charge in [0.2, 0.25) is 0 Å². The molecule has 2 heteroatoms. The number of rotatable bonds is 2. The van der Waals surface area contributed by atoms with Crippen molar-refractivity contribution in [1.29, 1.82) is 0 Å². The van der Waals surface area contributed by atoms with Gasteiger partial charge in [-0.2, -0.15) is 0 Å². The third-order valence-corrected chi connectivity index (χ3v) is 4.27. The maximum atomic E-state index is 5.40. The van der Waals surface area contributed by atoms with E-state index in [9.17, 15) is 0 Å². The average molecular weight is 243 g/mol. The van der Waals surface area contributed by atoms with E-state index in [4.69, 9.17) is 4.74 Å². The van der Waals surface area contributed by atoms with Crippen molar-refractivity contribution >= 4 is 10.9 Å². The first kappa shape index (κ1) is 11.6. The summed E-state index contributed by atoms with van der Waals surface area (Å²) < 4.78 is 5.40. The van der Waals surface area contributed by atoms with E-state index in [0.29, 0.717) is 0 Å². The van der Waals surface area contributed by atoms with Gasteiger partial charge in [-0.15, -0.1) is 0 Å². The molecule has 0 atom stereocenters. The minimum atomic E-state index is 0.735. The molecule has 1 fully saturated rings. The molecule has 2 nitrogen and oxygen atoms in total. The molecular weight excluding hydrogens is 222 g/mol. The number of hydrogen-bond donors (Lipinski definition) is 1. The number of aromatic amines is 1. The Morgan fingerprint density at radius 2 is 1.94 bits per heavy atom. The minimum Gasteiger partial charge on any atom is -0.497 e. The number of fused-ring (bicyclic) bond motifs is 1. The number of H-pyrrole nitrogens is 1. The van der Waals surface area contributed by atoms with Gasteiger partial charge in [0.25, 0.3) is 0 Å². The Morgan fingerprint density at radius 3 is 2.67 bits per heavy atom. The van der Waals surface area contributed by atoms with Crippen molar-refractivity contribution in [2.75, 3.05) is 7.11 Å². The van der Waals surface area contributed by atoms with Crippen LogP contribution < -0.4 is 4.74 Å². The third kappa shape index (κ3) is 1.90. The fraction of sp³-hybridized carbons (Fsp3) is 0.500. The molecule has 1 aromatic carbocycles. The molecule has 0 radical (unpaired) electrons. The van der Waals surface area contributed by atoms with Gasteiger partial charge in [0.05, 0.1) is 7.11 Å². The predicted octanol–water partition coefficient (Wildman–Crippen LogP) is 4.53. The molecule has 0 unspecified atom stereocenters. The molecule has 1 aromatic heterocycles. The van der Waals surface area contributed by atoms with Crippen LogP contribution >= 0.6 is 0 Å². The van der Waals surface area contributed by atoms with Gasteiger partial charge in [0.1, 0.15) is 5.75 Å². The van der Waals surface area contributed by atoms with Crippen LogP contribution in [0.2, 0.25) is 0 Å². The highest BCUT2D eigenvalue weighted by molar-refractivity contribution is 5.88. The highest BCUT2D eigenvalue weighted by Crippen LogP contribution is 2.38. The van der Waals surface area contributed by atoms with Crippen molar-refractivity contribution in [2.24, 2.45) is 0 Å². The normalized spacial score (nSPS) is 17.2. The summed E-state index contributed by atoms with van der Waals surface area (Å²) >= 11 is 0. The van der Waals surface area contributed by atoms with Gasteiger partial charge in [-0.1, -0.05) is 19.3 Å². The van der Waals surface area contributed by atoms with Gasteiger partial charge in [-0.3, -0.25) is 0 Å². The first-order valence-corrected chi connectivity index (χ1v) is 6.95. The van der Waals surface area contributed by atoms with Gasteiger partial charge < -0.3 is 9.72 Å². The maximum Gasteiger partial charge on any atom is 0.119 e. The smallest absolute Gasteiger partial charge is 0.119 e. The van der Waals surface area contributed by atoms with Gasteiger partial charge in [0, 0.05) is 17.1 Å². The van der Waals surface area contributed by atoms with Crippen molar-refractivity contribution < 1.29 is 4.74 Å². The van der Waals surface area contributed by atoms with Crippen molar-refractivity contribution in [1.82, 2.24) is 4.98 Å². The quantitative estimate of drug-likeness (QED) is 0.823. The molecule has 2 aromatic rings. The van der Waals surface area contributed by atoms with Crippen LogP contribution in [0.3, 0.4) is 0 Å². The van der Waals surface area contributed by atoms with Crippen molar-refractivity contribution in [3.8, 4) is 5.75 Å². The van der Waals surface area contributed by atoms with Crippen LogP contribution in [0, 0.1) is 6.92 Å². The van der Waals surface area contributed by atoms with Crippen LogP contribution in [0.15, 0.2) is 18.3 Å². The van der Waals surface area contributed by atoms with E-state index in [2.05, 4.69) is 30.2 Å². The molecule has 1 saturated carbocycles. The number of ether oxygens (including phenoxy) is 1. The van der Waals surface area contributed by atoms with Crippen molar-refractivity contribution in [3.05, 3.63) is 29.5 Å². The van der Waals surface area contributed by atoms with E-state index in [-0.39, 0.29) is 0 Å². The predicted molar refractivity (Wildman–Crippen MR) is 75.4 cm³/mol. The molecule has 96 valence electrons. The van der Waals surface area contributed by atoms with E-state index in [1.165, 1.54) is 54.1 Å². The van der Waals surface area contributed by atoms with E-state index in [1.807, 2.05) is 0 Å². The molecule has 1 heterocycles. The summed E-state index contributed by atoms with van der Waals surface area (Å²) in [5, 5.41) is 1.36. The monoisotopic (exact) mass is 243 g/mol. The lowest BCUT2D eigenvalue weighted by Crippen LogP contribution is -2.03. The van der Waals surface area contributed by atoms with E-state index in [1.54, 1.807) is 7.11 Å². The van der Waals surface area contributed by atoms with Crippen LogP contribution in [-0.4, -0.2) is 12.1 Å². The van der Waals surface area contributed by atoms with Crippen molar-refractivity contribution in [3.63, 3.8) is 0 Å². The van der Waals surface area contributed by atoms with Gasteiger partial charge >= 0.3 is 0 Å². The van der Waals surface area contributed by atoms with E-state index >= 15 is 0 Å². The van der Waals surface area contributed by atoms with E-state index < -0.39 is 0 Å². The molecule has 1 aliphatic carbocycles. The molecule has 0 saturated heterocycles. The number of hydrogen-bond acceptors (Lipinski definition) is 1. The van der Waals surface area contributed by atoms with Crippen LogP contribution in [0.25, 0.3) is 10.9 Å². The zero-order chi connectivity index (χ0) is 12.5. The highest BCUT2D eigenvalue weighted by atomic mass is 16.5. The number of nitrogens with one attached hydrogen (secondary N) is 1. The SMILES string of the molecule is COc1cc(C)c2[nH]cc(C3CCCCC3)c2c1. The number of benzene rings is 1. The minimum absolute atomic E-state index is 0.735. The Hall–Kier alpha value is -1.44. The topological polar surface area (TPSA) is 25.0 Å². The lowest BCUT2D eigenvalue weighted by molar-refractivity contribution is 0.415. The summed E-state index contributed by atoms with van der Waals surface area (Å²) in [5.41, 5.74) is 4.04. The van der Waals surface area contributed by atoms with Crippen LogP contribution in [0.1, 0.15) is 49.1 Å². The molecule has 1 aliphatic rings. The molecule has 0 amide bonds. The molecule has 0 aliphatic heterocycles. The van der Waals surface area contributed by atoms with Gasteiger partial charge in [0.15, 0.2) is 0 Å². The first-order chi connectivity index (χ1) is 8.79. The molecule has 1 N–H and O–H groups in total. The lowest BCUT2D eigenvalue weighted by Gasteiger charge is -2.21. The fourth-order valence-electron chi connectivity index (χ4n) is 3.27. The third-order valence-electron chi connectivity index (χ3n) is 4.27. The average Bonchev–Trinajstić information content (AvgIpc) is 2.84. The lowest BCUT2D eigenvalue weighted by atomic mass is 9.84. The Balaban J connectivity index is 2.09. The number of aromatic nitrogens is 1. The van der Waals surface area contributed by atoms with E-state index in [0.717, 1.165) is 11.7 Å². The number of aryl methyl sites for hydroxylation is 1. The maximum absolute atomic E-state index is 5.40. The Bertz CT molecular complexity index is 549. The summed E-state index contributed by atoms with van der Waals surface area (Å²) in [6, 6.07) is 4.28. The zero-order valence-electron chi connectivity index (χ0n) is 11.3. The molecule has 3 rings (SSSR count). The summed E-state index contributed by atoms with van der Waals surface area (Å²) in [6.45, 7) is 2.14. The Morgan fingerprint density at radius 1 is 1.17 bits per heavy atom. The van der Waals surface area contributed by atoms with Gasteiger partial charge in [-0.25, -0.2) is 0 Å².